The first-order chi connectivity index (χ1) is 36.5. The summed E-state index contributed by atoms with van der Waals surface area (Å²) in [5, 5.41) is 160. The van der Waals surface area contributed by atoms with E-state index in [1.165, 1.54) is 5.57 Å². The first kappa shape index (κ1) is 61.3. The van der Waals surface area contributed by atoms with Crippen LogP contribution in [-0.4, -0.2) is 245 Å². The molecule has 24 nitrogen and oxygen atoms in total. The molecule has 0 amide bonds. The lowest BCUT2D eigenvalue weighted by molar-refractivity contribution is -0.456. The lowest BCUT2D eigenvalue weighted by Gasteiger charge is -2.72. The Labute approximate surface area is 454 Å². The van der Waals surface area contributed by atoms with Crippen molar-refractivity contribution in [2.45, 2.75) is 241 Å². The minimum atomic E-state index is -1.78. The van der Waals surface area contributed by atoms with E-state index in [4.69, 9.17) is 42.9 Å². The van der Waals surface area contributed by atoms with Crippen molar-refractivity contribution < 1.29 is 120 Å². The average molecular weight is 1120 g/mol. The van der Waals surface area contributed by atoms with Gasteiger partial charge in [-0.2, -0.15) is 0 Å². The van der Waals surface area contributed by atoms with E-state index in [1.807, 2.05) is 6.92 Å². The van der Waals surface area contributed by atoms with Crippen molar-refractivity contribution in [3.05, 3.63) is 11.6 Å². The molecule has 8 fully saturated rings. The fraction of sp³-hybridized carbons (Fsp3) is 0.963. The van der Waals surface area contributed by atoms with Crippen LogP contribution in [0.4, 0.5) is 0 Å². The van der Waals surface area contributed by atoms with Gasteiger partial charge in [-0.1, -0.05) is 60.1 Å². The second-order valence-electron chi connectivity index (χ2n) is 26.6. The molecule has 0 aromatic carbocycles. The molecule has 30 unspecified atom stereocenters. The summed E-state index contributed by atoms with van der Waals surface area (Å²) in [7, 11) is 0. The van der Waals surface area contributed by atoms with Gasteiger partial charge in [-0.15, -0.1) is 0 Å². The van der Waals surface area contributed by atoms with Crippen LogP contribution in [0.15, 0.2) is 11.6 Å². The predicted molar refractivity (Wildman–Crippen MR) is 265 cm³/mol. The first-order valence-electron chi connectivity index (χ1n) is 28.1. The van der Waals surface area contributed by atoms with Crippen molar-refractivity contribution in [2.75, 3.05) is 33.0 Å². The van der Waals surface area contributed by atoms with Crippen LogP contribution in [0, 0.1) is 50.2 Å². The molecule has 9 rings (SSSR count). The molecule has 4 saturated carbocycles. The average Bonchev–Trinajstić information content (AvgIpc) is 3.40. The first-order valence-corrected chi connectivity index (χ1v) is 28.1. The highest BCUT2D eigenvalue weighted by atomic mass is 17.2. The van der Waals surface area contributed by atoms with Crippen LogP contribution in [0.1, 0.15) is 106 Å². The smallest absolute Gasteiger partial charge is 0.220 e. The van der Waals surface area contributed by atoms with E-state index in [9.17, 15) is 76.6 Å². The van der Waals surface area contributed by atoms with E-state index in [-0.39, 0.29) is 40.6 Å². The fourth-order valence-electron chi connectivity index (χ4n) is 16.2. The summed E-state index contributed by atoms with van der Waals surface area (Å²) in [6.45, 7) is 13.2. The number of hydrogen-bond acceptors (Lipinski definition) is 24. The molecule has 5 aliphatic carbocycles. The van der Waals surface area contributed by atoms with Gasteiger partial charge in [-0.05, 0) is 97.2 Å². The Morgan fingerprint density at radius 2 is 0.949 bits per heavy atom. The number of aliphatic hydroxyl groups is 15. The van der Waals surface area contributed by atoms with Crippen molar-refractivity contribution in [2.24, 2.45) is 50.2 Å². The highest BCUT2D eigenvalue weighted by molar-refractivity contribution is 5.35. The molecule has 0 aromatic heterocycles. The topological polar surface area (TPSA) is 387 Å². The molecule has 30 atom stereocenters. The molecule has 0 spiro atoms. The molecule has 0 bridgehead atoms. The maximum absolute atomic E-state index is 12.0. The van der Waals surface area contributed by atoms with Gasteiger partial charge >= 0.3 is 0 Å². The number of rotatable bonds is 14. The summed E-state index contributed by atoms with van der Waals surface area (Å²) >= 11 is 0. The van der Waals surface area contributed by atoms with Crippen LogP contribution in [0.3, 0.4) is 0 Å². The second kappa shape index (κ2) is 22.7. The van der Waals surface area contributed by atoms with Crippen molar-refractivity contribution in [3.8, 4) is 0 Å². The normalized spacial score (nSPS) is 55.2. The lowest BCUT2D eigenvalue weighted by atomic mass is 9.33. The van der Waals surface area contributed by atoms with Gasteiger partial charge < -0.3 is 110 Å². The van der Waals surface area contributed by atoms with Gasteiger partial charge in [0.15, 0.2) is 18.9 Å². The summed E-state index contributed by atoms with van der Waals surface area (Å²) in [5.74, 6) is 0.0540. The van der Waals surface area contributed by atoms with E-state index in [2.05, 4.69) is 47.6 Å². The lowest BCUT2D eigenvalue weighted by Crippen LogP contribution is -2.67. The van der Waals surface area contributed by atoms with Gasteiger partial charge in [-0.3, -0.25) is 0 Å². The molecule has 4 heterocycles. The molecule has 24 heteroatoms. The number of aliphatic hydroxyl groups excluding tert-OH is 15. The Hall–Kier alpha value is -1.22. The molecule has 15 N–H and O–H groups in total. The summed E-state index contributed by atoms with van der Waals surface area (Å²) in [5.41, 5.74) is -1.11. The van der Waals surface area contributed by atoms with Crippen molar-refractivity contribution in [3.63, 3.8) is 0 Å². The van der Waals surface area contributed by atoms with Crippen LogP contribution < -0.4 is 0 Å². The third kappa shape index (κ3) is 10.3. The zero-order chi connectivity index (χ0) is 57.0. The zero-order valence-electron chi connectivity index (χ0n) is 45.8. The van der Waals surface area contributed by atoms with Crippen LogP contribution in [0.2, 0.25) is 0 Å². The number of hydrogen-bond donors (Lipinski definition) is 15. The monoisotopic (exact) mass is 1120 g/mol. The highest BCUT2D eigenvalue weighted by Crippen LogP contribution is 2.76. The molecule has 78 heavy (non-hydrogen) atoms. The Morgan fingerprint density at radius 1 is 0.474 bits per heavy atom. The van der Waals surface area contributed by atoms with E-state index in [0.29, 0.717) is 25.7 Å². The highest BCUT2D eigenvalue weighted by Gasteiger charge is 2.70. The van der Waals surface area contributed by atoms with Crippen molar-refractivity contribution >= 4 is 0 Å². The van der Waals surface area contributed by atoms with E-state index < -0.39 is 178 Å². The third-order valence-electron chi connectivity index (χ3n) is 21.6. The third-order valence-corrected chi connectivity index (χ3v) is 21.6. The van der Waals surface area contributed by atoms with E-state index in [0.717, 1.165) is 32.1 Å². The Bertz CT molecular complexity index is 2090. The fourth-order valence-corrected chi connectivity index (χ4v) is 16.2. The van der Waals surface area contributed by atoms with E-state index >= 15 is 0 Å². The molecular weight excluding hydrogens is 1030 g/mol. The van der Waals surface area contributed by atoms with Crippen LogP contribution in [0.5, 0.6) is 0 Å². The summed E-state index contributed by atoms with van der Waals surface area (Å²) in [6, 6.07) is 0. The molecule has 0 aromatic rings. The molecule has 4 saturated heterocycles. The Kier molecular flexibility index (Phi) is 17.8. The largest absolute Gasteiger partial charge is 0.394 e. The van der Waals surface area contributed by atoms with Gasteiger partial charge in [0.1, 0.15) is 97.7 Å². The van der Waals surface area contributed by atoms with Gasteiger partial charge in [0.05, 0.1) is 45.2 Å². The van der Waals surface area contributed by atoms with Crippen LogP contribution >= 0.6 is 0 Å². The second-order valence-corrected chi connectivity index (χ2v) is 26.6. The minimum absolute atomic E-state index is 0.00438. The quantitative estimate of drug-likeness (QED) is 0.0479. The van der Waals surface area contributed by atoms with Gasteiger partial charge in [0.25, 0.3) is 0 Å². The molecule has 450 valence electrons. The minimum Gasteiger partial charge on any atom is -0.394 e. The molecular formula is C54H90O24. The zero-order valence-corrected chi connectivity index (χ0v) is 45.8. The predicted octanol–water partition coefficient (Wildman–Crippen LogP) is -2.66. The Morgan fingerprint density at radius 3 is 1.47 bits per heavy atom. The number of allylic oxidation sites excluding steroid dienone is 2. The Balaban J connectivity index is 0.913. The molecule has 4 aliphatic heterocycles. The van der Waals surface area contributed by atoms with Gasteiger partial charge in [0, 0.05) is 10.8 Å². The van der Waals surface area contributed by atoms with Crippen molar-refractivity contribution in [1.82, 2.24) is 0 Å². The number of fused-ring (bicyclic) bond motifs is 7. The summed E-state index contributed by atoms with van der Waals surface area (Å²) in [6.07, 6.45) is -24.3. The van der Waals surface area contributed by atoms with Crippen LogP contribution in [0.25, 0.3) is 0 Å². The van der Waals surface area contributed by atoms with E-state index in [1.54, 1.807) is 0 Å². The summed E-state index contributed by atoms with van der Waals surface area (Å²) < 4.78 is 40.6. The van der Waals surface area contributed by atoms with Gasteiger partial charge in [-0.25, -0.2) is 9.78 Å². The van der Waals surface area contributed by atoms with Crippen LogP contribution in [-0.2, 0) is 42.9 Å². The summed E-state index contributed by atoms with van der Waals surface area (Å²) in [4.78, 5) is 12.6. The number of ether oxygens (including phenoxy) is 7. The molecule has 0 radical (unpaired) electrons. The maximum Gasteiger partial charge on any atom is 0.220 e. The molecule has 9 aliphatic rings. The standard InChI is InChI=1S/C54H90O24/c1-49(2)14-15-50(3)24(16-49)23-8-9-30-51(4)12-11-31(57)52(5,22-72-47-43(68)39(64)35(60)27(75-47)20-70-45-41(66)37(62)33(58)25(18-55)73-45)29(51)10-13-53(30,6)54(23,7)17-32(50)77-78-48-44(69)40(65)36(61)28(76-48)21-71-46-42(67)38(63)34(59)26(19-56)74-46/h8,24-48,55-69H,9-22H2,1-7H3. The SMILES string of the molecule is CC1(C)CCC2(C)C(OOC3OC(COC4OC(CO)C(O)C(O)C4O)C(O)C(O)C3O)CC3(C)C(=CCC4C5(C)CCC(O)C(C)(COC6OC(COC7OC(CO)C(O)C(O)C7O)C(O)C(O)C6O)C5CCC43C)C2C1. The van der Waals surface area contributed by atoms with Gasteiger partial charge in [0.2, 0.25) is 6.29 Å². The maximum atomic E-state index is 12.0. The van der Waals surface area contributed by atoms with Crippen molar-refractivity contribution in [1.29, 1.82) is 0 Å².